The summed E-state index contributed by atoms with van der Waals surface area (Å²) in [6, 6.07) is 10.0. The van der Waals surface area contributed by atoms with Crippen molar-refractivity contribution in [2.45, 2.75) is 39.7 Å². The minimum absolute atomic E-state index is 0.308. The Labute approximate surface area is 116 Å². The topological polar surface area (TPSA) is 26.3 Å². The van der Waals surface area contributed by atoms with Gasteiger partial charge in [-0.15, -0.1) is 0 Å². The average Bonchev–Trinajstić information content (AvgIpc) is 2.40. The van der Waals surface area contributed by atoms with Crippen LogP contribution in [0, 0.1) is 0 Å². The Morgan fingerprint density at radius 3 is 2.16 bits per heavy atom. The molecule has 1 aromatic rings. The van der Waals surface area contributed by atoms with Gasteiger partial charge in [0.2, 0.25) is 0 Å². The van der Waals surface area contributed by atoms with E-state index in [0.29, 0.717) is 5.57 Å². The molecule has 1 rings (SSSR count). The number of rotatable bonds is 4. The number of benzene rings is 1. The molecule has 0 atom stereocenters. The molecule has 0 aliphatic heterocycles. The van der Waals surface area contributed by atoms with Crippen LogP contribution in [-0.4, -0.2) is 11.6 Å². The van der Waals surface area contributed by atoms with Gasteiger partial charge >= 0.3 is 5.97 Å². The molecule has 0 amide bonds. The molecule has 0 bridgehead atoms. The van der Waals surface area contributed by atoms with E-state index in [1.54, 1.807) is 6.92 Å². The fraction of sp³-hybridized carbons (Fsp3) is 0.353. The maximum Gasteiger partial charge on any atom is 0.333 e. The maximum atomic E-state index is 11.0. The average molecular weight is 260 g/mol. The summed E-state index contributed by atoms with van der Waals surface area (Å²) < 4.78 is 5.11. The van der Waals surface area contributed by atoms with E-state index in [4.69, 9.17) is 4.74 Å². The molecule has 0 aromatic heterocycles. The highest BCUT2D eigenvalue weighted by Crippen LogP contribution is 2.14. The van der Waals surface area contributed by atoms with Crippen LogP contribution in [-0.2, 0) is 9.53 Å². The maximum absolute atomic E-state index is 11.0. The van der Waals surface area contributed by atoms with Gasteiger partial charge in [0.05, 0.1) is 0 Å². The van der Waals surface area contributed by atoms with Crippen molar-refractivity contribution in [3.8, 4) is 0 Å². The van der Waals surface area contributed by atoms with Gasteiger partial charge in [-0.3, -0.25) is 0 Å². The second kappa shape index (κ2) is 8.30. The minimum Gasteiger partial charge on any atom is -0.456 e. The van der Waals surface area contributed by atoms with E-state index in [0.717, 1.165) is 6.42 Å². The van der Waals surface area contributed by atoms with E-state index in [-0.39, 0.29) is 11.6 Å². The second-order valence-electron chi connectivity index (χ2n) is 4.90. The van der Waals surface area contributed by atoms with Crippen molar-refractivity contribution in [1.29, 1.82) is 0 Å². The highest BCUT2D eigenvalue weighted by Gasteiger charge is 2.20. The Bertz CT molecular complexity index is 416. The number of hydrogen-bond acceptors (Lipinski definition) is 2. The van der Waals surface area contributed by atoms with Crippen LogP contribution in [0.4, 0.5) is 0 Å². The summed E-state index contributed by atoms with van der Waals surface area (Å²) in [5.74, 6) is -0.308. The van der Waals surface area contributed by atoms with E-state index in [1.807, 2.05) is 57.2 Å². The number of hydrogen-bond donors (Lipinski definition) is 0. The zero-order chi connectivity index (χ0) is 14.9. The van der Waals surface area contributed by atoms with Gasteiger partial charge in [-0.25, -0.2) is 4.79 Å². The van der Waals surface area contributed by atoms with Gasteiger partial charge in [0.15, 0.2) is 0 Å². The highest BCUT2D eigenvalue weighted by molar-refractivity contribution is 5.87. The number of carbonyl (C=O) groups excluding carboxylic acids is 1. The molecule has 0 aliphatic carbocycles. The number of carbonyl (C=O) groups is 1. The van der Waals surface area contributed by atoms with E-state index >= 15 is 0 Å². The molecule has 0 fully saturated rings. The first-order chi connectivity index (χ1) is 8.82. The standard InChI is InChI=1S/C9H16O2.C8H8/c1-6-9(4,5)11-8(10)7(2)3;1-2-8-6-4-3-5-7-8/h2,6H2,1,3-5H3;2-7H,1H2. The summed E-state index contributed by atoms with van der Waals surface area (Å²) in [5, 5.41) is 0. The van der Waals surface area contributed by atoms with Crippen molar-refractivity contribution in [1.82, 2.24) is 0 Å². The fourth-order valence-corrected chi connectivity index (χ4v) is 0.999. The van der Waals surface area contributed by atoms with Crippen LogP contribution in [0.15, 0.2) is 49.1 Å². The second-order valence-corrected chi connectivity index (χ2v) is 4.90. The molecule has 0 saturated carbocycles. The molecule has 0 radical (unpaired) electrons. The van der Waals surface area contributed by atoms with Gasteiger partial charge in [-0.1, -0.05) is 56.5 Å². The number of esters is 1. The van der Waals surface area contributed by atoms with Crippen LogP contribution < -0.4 is 0 Å². The zero-order valence-corrected chi connectivity index (χ0v) is 12.4. The third-order valence-corrected chi connectivity index (χ3v) is 2.60. The molecule has 0 N–H and O–H groups in total. The predicted molar refractivity (Wildman–Crippen MR) is 81.8 cm³/mol. The van der Waals surface area contributed by atoms with Crippen molar-refractivity contribution in [3.05, 3.63) is 54.6 Å². The van der Waals surface area contributed by atoms with Crippen LogP contribution in [0.1, 0.15) is 39.7 Å². The molecule has 1 aromatic carbocycles. The summed E-state index contributed by atoms with van der Waals surface area (Å²) in [4.78, 5) is 11.0. The molecular weight excluding hydrogens is 236 g/mol. The molecule has 0 saturated heterocycles. The van der Waals surface area contributed by atoms with Crippen molar-refractivity contribution in [3.63, 3.8) is 0 Å². The molecule has 19 heavy (non-hydrogen) atoms. The largest absolute Gasteiger partial charge is 0.456 e. The van der Waals surface area contributed by atoms with Crippen molar-refractivity contribution >= 4 is 12.0 Å². The van der Waals surface area contributed by atoms with Crippen LogP contribution in [0.2, 0.25) is 0 Å². The van der Waals surface area contributed by atoms with Crippen molar-refractivity contribution in [2.24, 2.45) is 0 Å². The molecular formula is C17H24O2. The van der Waals surface area contributed by atoms with Gasteiger partial charge in [-0.05, 0) is 32.8 Å². The first-order valence-corrected chi connectivity index (χ1v) is 6.38. The summed E-state index contributed by atoms with van der Waals surface area (Å²) in [5.41, 5.74) is 1.26. The summed E-state index contributed by atoms with van der Waals surface area (Å²) >= 11 is 0. The first-order valence-electron chi connectivity index (χ1n) is 6.38. The summed E-state index contributed by atoms with van der Waals surface area (Å²) in [6.07, 6.45) is 2.64. The Balaban J connectivity index is 0.000000356. The molecule has 2 nitrogen and oxygen atoms in total. The first kappa shape index (κ1) is 17.2. The van der Waals surface area contributed by atoms with Crippen LogP contribution in [0.25, 0.3) is 6.08 Å². The minimum atomic E-state index is -0.365. The zero-order valence-electron chi connectivity index (χ0n) is 12.4. The van der Waals surface area contributed by atoms with Crippen molar-refractivity contribution < 1.29 is 9.53 Å². The van der Waals surface area contributed by atoms with Crippen LogP contribution >= 0.6 is 0 Å². The Morgan fingerprint density at radius 1 is 1.32 bits per heavy atom. The molecule has 0 spiro atoms. The Kier molecular flexibility index (Phi) is 7.50. The molecule has 0 aliphatic rings. The molecule has 2 heteroatoms. The van der Waals surface area contributed by atoms with E-state index in [1.165, 1.54) is 5.56 Å². The lowest BCUT2D eigenvalue weighted by atomic mass is 10.1. The van der Waals surface area contributed by atoms with Crippen molar-refractivity contribution in [2.75, 3.05) is 0 Å². The number of ether oxygens (including phenoxy) is 1. The lowest BCUT2D eigenvalue weighted by molar-refractivity contribution is -0.151. The van der Waals surface area contributed by atoms with Crippen LogP contribution in [0.3, 0.4) is 0 Å². The van der Waals surface area contributed by atoms with Gasteiger partial charge in [0.1, 0.15) is 5.60 Å². The monoisotopic (exact) mass is 260 g/mol. The third-order valence-electron chi connectivity index (χ3n) is 2.60. The smallest absolute Gasteiger partial charge is 0.333 e. The van der Waals surface area contributed by atoms with E-state index in [2.05, 4.69) is 13.2 Å². The van der Waals surface area contributed by atoms with E-state index < -0.39 is 0 Å². The Hall–Kier alpha value is -1.83. The molecule has 0 unspecified atom stereocenters. The lowest BCUT2D eigenvalue weighted by Crippen LogP contribution is -2.27. The summed E-state index contributed by atoms with van der Waals surface area (Å²) in [7, 11) is 0. The van der Waals surface area contributed by atoms with Gasteiger partial charge in [0, 0.05) is 5.57 Å². The molecule has 0 heterocycles. The van der Waals surface area contributed by atoms with E-state index in [9.17, 15) is 4.79 Å². The fourth-order valence-electron chi connectivity index (χ4n) is 0.999. The third kappa shape index (κ3) is 7.98. The van der Waals surface area contributed by atoms with Crippen LogP contribution in [0.5, 0.6) is 0 Å². The Morgan fingerprint density at radius 2 is 1.84 bits per heavy atom. The van der Waals surface area contributed by atoms with Gasteiger partial charge in [-0.2, -0.15) is 0 Å². The predicted octanol–water partition coefficient (Wildman–Crippen LogP) is 4.62. The lowest BCUT2D eigenvalue weighted by Gasteiger charge is -2.23. The quantitative estimate of drug-likeness (QED) is 0.583. The normalized spacial score (nSPS) is 9.89. The molecule has 104 valence electrons. The van der Waals surface area contributed by atoms with Gasteiger partial charge < -0.3 is 4.74 Å². The highest BCUT2D eigenvalue weighted by atomic mass is 16.6. The SMILES string of the molecule is C=C(C)C(=O)OC(C)(C)CC.C=Cc1ccccc1. The summed E-state index contributed by atoms with van der Waals surface area (Å²) in [6.45, 7) is 14.5. The van der Waals surface area contributed by atoms with Gasteiger partial charge in [0.25, 0.3) is 0 Å².